The van der Waals surface area contributed by atoms with Crippen LogP contribution in [0.1, 0.15) is 19.8 Å². The van der Waals surface area contributed by atoms with Crippen molar-refractivity contribution in [3.8, 4) is 23.8 Å². The summed E-state index contributed by atoms with van der Waals surface area (Å²) in [5.41, 5.74) is 0. The molecule has 0 aliphatic rings. The molecule has 2 aromatic rings. The number of ether oxygens (including phenoxy) is 2. The average Bonchev–Trinajstić information content (AvgIpc) is 2.56. The highest BCUT2D eigenvalue weighted by Crippen LogP contribution is 2.30. The van der Waals surface area contributed by atoms with Gasteiger partial charge < -0.3 is 9.47 Å². The first-order valence-electron chi connectivity index (χ1n) is 7.39. The average molecular weight is 312 g/mol. The van der Waals surface area contributed by atoms with Crippen molar-refractivity contribution in [2.75, 3.05) is 13.2 Å². The Kier molecular flexibility index (Phi) is 6.73. The van der Waals surface area contributed by atoms with Crippen molar-refractivity contribution in [2.24, 2.45) is 0 Å². The maximum atomic E-state index is 5.66. The molecule has 0 saturated carbocycles. The highest BCUT2D eigenvalue weighted by molar-refractivity contribution is 7.99. The molecule has 0 fully saturated rings. The maximum Gasteiger partial charge on any atom is 0.148 e. The fourth-order valence-corrected chi connectivity index (χ4v) is 2.62. The van der Waals surface area contributed by atoms with Gasteiger partial charge in [-0.25, -0.2) is 0 Å². The number of hydrogen-bond acceptors (Lipinski definition) is 3. The molecule has 0 amide bonds. The summed E-state index contributed by atoms with van der Waals surface area (Å²) < 4.78 is 11.0. The topological polar surface area (TPSA) is 18.5 Å². The van der Waals surface area contributed by atoms with Crippen LogP contribution in [0.3, 0.4) is 0 Å². The molecular weight excluding hydrogens is 292 g/mol. The number of unbranched alkanes of at least 4 members (excludes halogenated alkanes) is 1. The highest BCUT2D eigenvalue weighted by atomic mass is 32.2. The van der Waals surface area contributed by atoms with E-state index in [1.54, 1.807) is 11.8 Å². The van der Waals surface area contributed by atoms with Crippen LogP contribution in [-0.2, 0) is 0 Å². The third-order valence-electron chi connectivity index (χ3n) is 2.97. The van der Waals surface area contributed by atoms with E-state index < -0.39 is 0 Å². The molecule has 0 unspecified atom stereocenters. The molecule has 2 nitrogen and oxygen atoms in total. The monoisotopic (exact) mass is 312 g/mol. The smallest absolute Gasteiger partial charge is 0.148 e. The van der Waals surface area contributed by atoms with Gasteiger partial charge in [-0.15, -0.1) is 6.42 Å². The van der Waals surface area contributed by atoms with E-state index in [9.17, 15) is 0 Å². The molecule has 114 valence electrons. The summed E-state index contributed by atoms with van der Waals surface area (Å²) in [7, 11) is 0. The van der Waals surface area contributed by atoms with Crippen molar-refractivity contribution in [3.63, 3.8) is 0 Å². The summed E-state index contributed by atoms with van der Waals surface area (Å²) in [6.45, 7) is 3.24. The number of terminal acetylenes is 1. The summed E-state index contributed by atoms with van der Waals surface area (Å²) >= 11 is 1.71. The van der Waals surface area contributed by atoms with E-state index in [1.165, 1.54) is 4.90 Å². The van der Waals surface area contributed by atoms with Crippen molar-refractivity contribution in [1.82, 2.24) is 0 Å². The van der Waals surface area contributed by atoms with Crippen molar-refractivity contribution < 1.29 is 9.47 Å². The molecule has 0 radical (unpaired) electrons. The zero-order chi connectivity index (χ0) is 15.6. The quantitative estimate of drug-likeness (QED) is 0.503. The lowest BCUT2D eigenvalue weighted by Gasteiger charge is -2.07. The summed E-state index contributed by atoms with van der Waals surface area (Å²) in [4.78, 5) is 2.34. The zero-order valence-electron chi connectivity index (χ0n) is 12.7. The van der Waals surface area contributed by atoms with Gasteiger partial charge in [0.15, 0.2) is 0 Å². The molecule has 2 aromatic carbocycles. The van der Waals surface area contributed by atoms with Gasteiger partial charge >= 0.3 is 0 Å². The van der Waals surface area contributed by atoms with Crippen LogP contribution in [0.2, 0.25) is 0 Å². The first-order valence-corrected chi connectivity index (χ1v) is 8.20. The standard InChI is InChI=1S/C19H20O2S/c1-3-5-15-21-17-8-12-19(13-9-17)22-18-10-6-16(7-11-18)20-14-4-2/h2,6-13H,3,5,14-15H2,1H3. The first kappa shape index (κ1) is 16.3. The molecule has 0 bridgehead atoms. The lowest BCUT2D eigenvalue weighted by atomic mass is 10.3. The largest absolute Gasteiger partial charge is 0.494 e. The van der Waals surface area contributed by atoms with E-state index in [-0.39, 0.29) is 0 Å². The number of benzene rings is 2. The van der Waals surface area contributed by atoms with Gasteiger partial charge in [0, 0.05) is 9.79 Å². The van der Waals surface area contributed by atoms with E-state index in [4.69, 9.17) is 15.9 Å². The van der Waals surface area contributed by atoms with Gasteiger partial charge in [-0.3, -0.25) is 0 Å². The van der Waals surface area contributed by atoms with E-state index >= 15 is 0 Å². The van der Waals surface area contributed by atoms with E-state index in [0.29, 0.717) is 6.61 Å². The fourth-order valence-electron chi connectivity index (χ4n) is 1.80. The van der Waals surface area contributed by atoms with Gasteiger partial charge in [-0.1, -0.05) is 31.0 Å². The molecule has 0 spiro atoms. The third kappa shape index (κ3) is 5.38. The van der Waals surface area contributed by atoms with Gasteiger partial charge in [0.2, 0.25) is 0 Å². The minimum Gasteiger partial charge on any atom is -0.494 e. The van der Waals surface area contributed by atoms with Gasteiger partial charge in [0.25, 0.3) is 0 Å². The molecule has 0 saturated heterocycles. The Balaban J connectivity index is 1.89. The van der Waals surface area contributed by atoms with Gasteiger partial charge in [-0.05, 0) is 55.0 Å². The lowest BCUT2D eigenvalue weighted by molar-refractivity contribution is 0.309. The van der Waals surface area contributed by atoms with Crippen LogP contribution in [-0.4, -0.2) is 13.2 Å². The Bertz CT molecular complexity index is 597. The van der Waals surface area contributed by atoms with Gasteiger partial charge in [0.05, 0.1) is 6.61 Å². The molecular formula is C19H20O2S. The molecule has 0 N–H and O–H groups in total. The predicted octanol–water partition coefficient (Wildman–Crippen LogP) is 5.03. The highest BCUT2D eigenvalue weighted by Gasteiger charge is 2.00. The van der Waals surface area contributed by atoms with Crippen LogP contribution < -0.4 is 9.47 Å². The summed E-state index contributed by atoms with van der Waals surface area (Å²) in [5.74, 6) is 4.17. The van der Waals surface area contributed by atoms with Crippen LogP contribution >= 0.6 is 11.8 Å². The molecule has 3 heteroatoms. The molecule has 2 rings (SSSR count). The maximum absolute atomic E-state index is 5.66. The van der Waals surface area contributed by atoms with Crippen LogP contribution in [0.25, 0.3) is 0 Å². The minimum atomic E-state index is 0.298. The van der Waals surface area contributed by atoms with Crippen molar-refractivity contribution >= 4 is 11.8 Å². The minimum absolute atomic E-state index is 0.298. The normalized spacial score (nSPS) is 10.0. The van der Waals surface area contributed by atoms with Crippen LogP contribution in [0.5, 0.6) is 11.5 Å². The van der Waals surface area contributed by atoms with Gasteiger partial charge in [0.1, 0.15) is 18.1 Å². The third-order valence-corrected chi connectivity index (χ3v) is 3.99. The fraction of sp³-hybridized carbons (Fsp3) is 0.263. The van der Waals surface area contributed by atoms with Crippen LogP contribution in [0.4, 0.5) is 0 Å². The van der Waals surface area contributed by atoms with Crippen molar-refractivity contribution in [2.45, 2.75) is 29.6 Å². The Labute approximate surface area is 136 Å². The molecule has 0 heterocycles. The summed E-state index contributed by atoms with van der Waals surface area (Å²) in [6, 6.07) is 16.1. The van der Waals surface area contributed by atoms with Crippen LogP contribution in [0, 0.1) is 12.3 Å². The molecule has 0 aliphatic carbocycles. The second kappa shape index (κ2) is 9.07. The number of hydrogen-bond donors (Lipinski definition) is 0. The summed E-state index contributed by atoms with van der Waals surface area (Å²) in [6.07, 6.45) is 7.41. The first-order chi connectivity index (χ1) is 10.8. The number of rotatable bonds is 8. The molecule has 0 aromatic heterocycles. The van der Waals surface area contributed by atoms with E-state index in [1.807, 2.05) is 36.4 Å². The Morgan fingerprint density at radius 1 is 0.909 bits per heavy atom. The SMILES string of the molecule is C#CCOc1ccc(Sc2ccc(OCCCC)cc2)cc1. The van der Waals surface area contributed by atoms with Crippen molar-refractivity contribution in [3.05, 3.63) is 48.5 Å². The second-order valence-electron chi connectivity index (χ2n) is 4.74. The zero-order valence-corrected chi connectivity index (χ0v) is 13.6. The molecule has 0 atom stereocenters. The predicted molar refractivity (Wildman–Crippen MR) is 91.7 cm³/mol. The molecule has 22 heavy (non-hydrogen) atoms. The summed E-state index contributed by atoms with van der Waals surface area (Å²) in [5, 5.41) is 0. The van der Waals surface area contributed by atoms with Gasteiger partial charge in [-0.2, -0.15) is 0 Å². The van der Waals surface area contributed by atoms with E-state index in [0.717, 1.165) is 35.8 Å². The van der Waals surface area contributed by atoms with E-state index in [2.05, 4.69) is 25.0 Å². The van der Waals surface area contributed by atoms with Crippen LogP contribution in [0.15, 0.2) is 58.3 Å². The Hall–Kier alpha value is -2.05. The van der Waals surface area contributed by atoms with Crippen molar-refractivity contribution in [1.29, 1.82) is 0 Å². The molecule has 0 aliphatic heterocycles. The second-order valence-corrected chi connectivity index (χ2v) is 5.89. The Morgan fingerprint density at radius 2 is 1.45 bits per heavy atom. The Morgan fingerprint density at radius 3 is 1.95 bits per heavy atom. The lowest BCUT2D eigenvalue weighted by Crippen LogP contribution is -1.95.